The van der Waals surface area contributed by atoms with Crippen molar-refractivity contribution in [1.82, 2.24) is 5.32 Å². The van der Waals surface area contributed by atoms with Gasteiger partial charge in [0.1, 0.15) is 11.9 Å². The van der Waals surface area contributed by atoms with Crippen LogP contribution in [-0.4, -0.2) is 44.2 Å². The summed E-state index contributed by atoms with van der Waals surface area (Å²) in [7, 11) is 1.56. The lowest BCUT2D eigenvalue weighted by Gasteiger charge is -2.33. The molecule has 2 N–H and O–H groups in total. The van der Waals surface area contributed by atoms with Gasteiger partial charge in [-0.15, -0.1) is 0 Å². The van der Waals surface area contributed by atoms with Crippen molar-refractivity contribution in [3.63, 3.8) is 0 Å². The number of halogens is 1. The molecule has 19 heavy (non-hydrogen) atoms. The molecule has 0 radical (unpaired) electrons. The molecule has 3 atom stereocenters. The van der Waals surface area contributed by atoms with E-state index in [0.29, 0.717) is 31.9 Å². The molecule has 0 aliphatic carbocycles. The molecule has 0 aromatic heterocycles. The zero-order valence-electron chi connectivity index (χ0n) is 11.0. The molecule has 4 nitrogen and oxygen atoms in total. The molecule has 0 saturated carbocycles. The first-order valence-electron chi connectivity index (χ1n) is 6.45. The average molecular weight is 269 g/mol. The minimum absolute atomic E-state index is 0.0366. The quantitative estimate of drug-likeness (QED) is 0.835. The number of hydrogen-bond donors (Lipinski definition) is 2. The fourth-order valence-corrected chi connectivity index (χ4v) is 2.26. The van der Waals surface area contributed by atoms with Gasteiger partial charge < -0.3 is 19.9 Å². The van der Waals surface area contributed by atoms with Gasteiger partial charge in [0.25, 0.3) is 0 Å². The lowest BCUT2D eigenvalue weighted by molar-refractivity contribution is -0.133. The fraction of sp³-hybridized carbons (Fsp3) is 0.571. The Morgan fingerprint density at radius 3 is 2.95 bits per heavy atom. The number of nitrogens with one attached hydrogen (secondary N) is 1. The van der Waals surface area contributed by atoms with Crippen LogP contribution in [-0.2, 0) is 16.0 Å². The number of hydrogen-bond acceptors (Lipinski definition) is 4. The number of aliphatic hydroxyl groups is 1. The Labute approximate surface area is 112 Å². The smallest absolute Gasteiger partial charge is 0.127 e. The Morgan fingerprint density at radius 2 is 2.21 bits per heavy atom. The van der Waals surface area contributed by atoms with E-state index in [0.717, 1.165) is 0 Å². The third-order valence-electron chi connectivity index (χ3n) is 3.46. The van der Waals surface area contributed by atoms with Crippen molar-refractivity contribution in [3.8, 4) is 0 Å². The van der Waals surface area contributed by atoms with Gasteiger partial charge in [-0.2, -0.15) is 0 Å². The first-order valence-corrected chi connectivity index (χ1v) is 6.45. The summed E-state index contributed by atoms with van der Waals surface area (Å²) in [5, 5.41) is 13.2. The van der Waals surface area contributed by atoms with Crippen LogP contribution in [0.5, 0.6) is 0 Å². The van der Waals surface area contributed by atoms with Gasteiger partial charge >= 0.3 is 0 Å². The third kappa shape index (κ3) is 3.73. The summed E-state index contributed by atoms with van der Waals surface area (Å²) in [6.07, 6.45) is -0.833. The number of rotatable bonds is 5. The minimum atomic E-state index is -0.549. The highest BCUT2D eigenvalue weighted by Gasteiger charge is 2.32. The van der Waals surface area contributed by atoms with Crippen LogP contribution >= 0.6 is 0 Å². The van der Waals surface area contributed by atoms with E-state index in [4.69, 9.17) is 9.47 Å². The van der Waals surface area contributed by atoms with E-state index >= 15 is 0 Å². The highest BCUT2D eigenvalue weighted by molar-refractivity contribution is 5.16. The van der Waals surface area contributed by atoms with E-state index in [2.05, 4.69) is 5.32 Å². The van der Waals surface area contributed by atoms with E-state index in [1.165, 1.54) is 6.07 Å². The van der Waals surface area contributed by atoms with Gasteiger partial charge in [0.15, 0.2) is 0 Å². The standard InChI is InChI=1S/C14H20FNO3/c1-18-13-9-19-8-11(14(13)17)7-16-6-10-4-2-3-5-12(10)15/h2-5,11,13-14,16-17H,6-9H2,1H3/t11-,13-,14+/m1/s1. The van der Waals surface area contributed by atoms with Crippen LogP contribution in [0.1, 0.15) is 5.56 Å². The predicted molar refractivity (Wildman–Crippen MR) is 69.2 cm³/mol. The topological polar surface area (TPSA) is 50.7 Å². The first-order chi connectivity index (χ1) is 9.22. The van der Waals surface area contributed by atoms with Gasteiger partial charge in [0.2, 0.25) is 0 Å². The normalized spacial score (nSPS) is 27.4. The van der Waals surface area contributed by atoms with E-state index < -0.39 is 6.10 Å². The molecule has 1 aliphatic heterocycles. The average Bonchev–Trinajstić information content (AvgIpc) is 2.43. The fourth-order valence-electron chi connectivity index (χ4n) is 2.26. The maximum absolute atomic E-state index is 13.4. The van der Waals surface area contributed by atoms with Crippen molar-refractivity contribution in [2.24, 2.45) is 5.92 Å². The highest BCUT2D eigenvalue weighted by atomic mass is 19.1. The Bertz CT molecular complexity index is 402. The molecular formula is C14H20FNO3. The van der Waals surface area contributed by atoms with Crippen molar-refractivity contribution in [2.45, 2.75) is 18.8 Å². The molecule has 0 amide bonds. The second-order valence-corrected chi connectivity index (χ2v) is 4.78. The Kier molecular flexibility index (Phi) is 5.27. The van der Waals surface area contributed by atoms with Crippen LogP contribution < -0.4 is 5.32 Å². The number of methoxy groups -OCH3 is 1. The maximum Gasteiger partial charge on any atom is 0.127 e. The summed E-state index contributed by atoms with van der Waals surface area (Å²) in [6, 6.07) is 6.66. The molecule has 1 aliphatic rings. The SMILES string of the molecule is CO[C@@H]1COC[C@@H](CNCc2ccccc2F)[C@@H]1O. The van der Waals surface area contributed by atoms with Crippen LogP contribution in [0.25, 0.3) is 0 Å². The summed E-state index contributed by atoms with van der Waals surface area (Å²) in [4.78, 5) is 0. The molecule has 0 unspecified atom stereocenters. The van der Waals surface area contributed by atoms with Crippen molar-refractivity contribution >= 4 is 0 Å². The number of aliphatic hydroxyl groups excluding tert-OH is 1. The van der Waals surface area contributed by atoms with Gasteiger partial charge in [-0.3, -0.25) is 0 Å². The van der Waals surface area contributed by atoms with E-state index in [-0.39, 0.29) is 17.8 Å². The van der Waals surface area contributed by atoms with Crippen LogP contribution in [0.4, 0.5) is 4.39 Å². The molecule has 1 saturated heterocycles. The van der Waals surface area contributed by atoms with Crippen molar-refractivity contribution in [3.05, 3.63) is 35.6 Å². The Hall–Kier alpha value is -1.01. The van der Waals surface area contributed by atoms with Gasteiger partial charge in [0.05, 0.1) is 19.3 Å². The highest BCUT2D eigenvalue weighted by Crippen LogP contribution is 2.17. The van der Waals surface area contributed by atoms with Gasteiger partial charge in [-0.05, 0) is 6.07 Å². The molecule has 0 bridgehead atoms. The van der Waals surface area contributed by atoms with Crippen molar-refractivity contribution < 1.29 is 19.0 Å². The summed E-state index contributed by atoms with van der Waals surface area (Å²) in [5.41, 5.74) is 0.622. The number of benzene rings is 1. The van der Waals surface area contributed by atoms with Crippen LogP contribution in [0.15, 0.2) is 24.3 Å². The summed E-state index contributed by atoms with van der Waals surface area (Å²) in [6.45, 7) is 1.91. The summed E-state index contributed by atoms with van der Waals surface area (Å²) < 4.78 is 24.0. The third-order valence-corrected chi connectivity index (χ3v) is 3.46. The number of ether oxygens (including phenoxy) is 2. The lowest BCUT2D eigenvalue weighted by atomic mass is 9.96. The molecule has 1 fully saturated rings. The van der Waals surface area contributed by atoms with Crippen LogP contribution in [0.2, 0.25) is 0 Å². The predicted octanol–water partition coefficient (Wildman–Crippen LogP) is 0.938. The zero-order chi connectivity index (χ0) is 13.7. The van der Waals surface area contributed by atoms with Crippen molar-refractivity contribution in [1.29, 1.82) is 0 Å². The van der Waals surface area contributed by atoms with Crippen LogP contribution in [0, 0.1) is 11.7 Å². The molecule has 1 heterocycles. The molecule has 1 aromatic rings. The zero-order valence-corrected chi connectivity index (χ0v) is 11.0. The van der Waals surface area contributed by atoms with Crippen LogP contribution in [0.3, 0.4) is 0 Å². The van der Waals surface area contributed by atoms with E-state index in [1.54, 1.807) is 25.3 Å². The van der Waals surface area contributed by atoms with Gasteiger partial charge in [-0.25, -0.2) is 4.39 Å². The monoisotopic (exact) mass is 269 g/mol. The second kappa shape index (κ2) is 6.96. The first kappa shape index (κ1) is 14.4. The molecule has 106 valence electrons. The van der Waals surface area contributed by atoms with E-state index in [1.807, 2.05) is 0 Å². The molecule has 2 rings (SSSR count). The summed E-state index contributed by atoms with van der Waals surface area (Å²) in [5.74, 6) is -0.254. The largest absolute Gasteiger partial charge is 0.390 e. The summed E-state index contributed by atoms with van der Waals surface area (Å²) >= 11 is 0. The Morgan fingerprint density at radius 1 is 1.42 bits per heavy atom. The second-order valence-electron chi connectivity index (χ2n) is 4.78. The maximum atomic E-state index is 13.4. The molecule has 1 aromatic carbocycles. The molecule has 5 heteroatoms. The van der Waals surface area contributed by atoms with Gasteiger partial charge in [0, 0.05) is 31.7 Å². The molecule has 0 spiro atoms. The Balaban J connectivity index is 1.81. The van der Waals surface area contributed by atoms with Gasteiger partial charge in [-0.1, -0.05) is 18.2 Å². The van der Waals surface area contributed by atoms with E-state index in [9.17, 15) is 9.50 Å². The molecular weight excluding hydrogens is 249 g/mol. The van der Waals surface area contributed by atoms with Crippen molar-refractivity contribution in [2.75, 3.05) is 26.9 Å². The lowest BCUT2D eigenvalue weighted by Crippen LogP contribution is -2.48. The minimum Gasteiger partial charge on any atom is -0.390 e.